The van der Waals surface area contributed by atoms with E-state index in [4.69, 9.17) is 4.74 Å². The lowest BCUT2D eigenvalue weighted by Gasteiger charge is -2.03. The number of hydrogen-bond donors (Lipinski definition) is 1. The lowest BCUT2D eigenvalue weighted by atomic mass is 10.1. The number of nitrogens with one attached hydrogen (secondary N) is 1. The molecule has 1 N–H and O–H groups in total. The molecular weight excluding hydrogens is 250 g/mol. The number of nitrogens with zero attached hydrogens (tertiary/aromatic N) is 2. The van der Waals surface area contributed by atoms with E-state index in [9.17, 15) is 4.79 Å². The summed E-state index contributed by atoms with van der Waals surface area (Å²) < 4.78 is 5.04. The molecule has 0 bridgehead atoms. The lowest BCUT2D eigenvalue weighted by molar-refractivity contribution is 0.397. The summed E-state index contributed by atoms with van der Waals surface area (Å²) in [6.07, 6.45) is 5.64. The van der Waals surface area contributed by atoms with E-state index in [0.717, 1.165) is 5.56 Å². The Bertz CT molecular complexity index is 598. The molecule has 2 aromatic heterocycles. The van der Waals surface area contributed by atoms with Crippen molar-refractivity contribution in [1.29, 1.82) is 0 Å². The lowest BCUT2D eigenvalue weighted by Crippen LogP contribution is -2.14. The number of aromatic amines is 1. The van der Waals surface area contributed by atoms with Crippen molar-refractivity contribution in [3.05, 3.63) is 46.0 Å². The van der Waals surface area contributed by atoms with Gasteiger partial charge in [-0.05, 0) is 17.9 Å². The second-order valence-electron chi connectivity index (χ2n) is 3.63. The van der Waals surface area contributed by atoms with Gasteiger partial charge < -0.3 is 9.72 Å². The molecule has 5 nitrogen and oxygen atoms in total. The summed E-state index contributed by atoms with van der Waals surface area (Å²) in [6, 6.07) is 3.66. The van der Waals surface area contributed by atoms with Crippen molar-refractivity contribution in [2.24, 2.45) is 0 Å². The molecule has 0 aliphatic carbocycles. The second kappa shape index (κ2) is 5.68. The molecule has 18 heavy (non-hydrogen) atoms. The van der Waals surface area contributed by atoms with Crippen molar-refractivity contribution in [2.75, 3.05) is 13.4 Å². The van der Waals surface area contributed by atoms with Crippen LogP contribution in [0.3, 0.4) is 0 Å². The van der Waals surface area contributed by atoms with Crippen molar-refractivity contribution < 1.29 is 4.74 Å². The Labute approximate surface area is 109 Å². The maximum absolute atomic E-state index is 11.8. The molecule has 0 atom stereocenters. The highest BCUT2D eigenvalue weighted by Gasteiger charge is 2.05. The maximum Gasteiger partial charge on any atom is 0.255 e. The third kappa shape index (κ3) is 2.89. The van der Waals surface area contributed by atoms with Crippen molar-refractivity contribution in [2.45, 2.75) is 11.6 Å². The predicted octanol–water partition coefficient (Wildman–Crippen LogP) is 1.49. The number of H-pyrrole nitrogens is 1. The summed E-state index contributed by atoms with van der Waals surface area (Å²) in [5, 5.41) is 0.621. The van der Waals surface area contributed by atoms with Crippen LogP contribution < -0.4 is 10.3 Å². The topological polar surface area (TPSA) is 67.9 Å². The summed E-state index contributed by atoms with van der Waals surface area (Å²) in [7, 11) is 1.56. The summed E-state index contributed by atoms with van der Waals surface area (Å²) in [4.78, 5) is 22.7. The maximum atomic E-state index is 11.8. The van der Waals surface area contributed by atoms with Gasteiger partial charge in [0.1, 0.15) is 0 Å². The van der Waals surface area contributed by atoms with Gasteiger partial charge in [0.2, 0.25) is 5.88 Å². The van der Waals surface area contributed by atoms with Crippen LogP contribution in [-0.4, -0.2) is 28.3 Å². The zero-order valence-corrected chi connectivity index (χ0v) is 11.0. The van der Waals surface area contributed by atoms with Crippen LogP contribution >= 0.6 is 11.8 Å². The Balaban J connectivity index is 2.25. The quantitative estimate of drug-likeness (QED) is 0.668. The zero-order valence-electron chi connectivity index (χ0n) is 10.1. The van der Waals surface area contributed by atoms with E-state index in [1.165, 1.54) is 11.8 Å². The monoisotopic (exact) mass is 263 g/mol. The van der Waals surface area contributed by atoms with Crippen LogP contribution in [0.15, 0.2) is 34.5 Å². The minimum Gasteiger partial charge on any atom is -0.481 e. The fourth-order valence-corrected chi connectivity index (χ4v) is 1.88. The van der Waals surface area contributed by atoms with Gasteiger partial charge >= 0.3 is 0 Å². The Kier molecular flexibility index (Phi) is 3.99. The number of methoxy groups -OCH3 is 1. The van der Waals surface area contributed by atoms with Crippen LogP contribution in [0, 0.1) is 0 Å². The van der Waals surface area contributed by atoms with Gasteiger partial charge in [-0.1, -0.05) is 11.8 Å². The zero-order chi connectivity index (χ0) is 13.0. The van der Waals surface area contributed by atoms with E-state index in [2.05, 4.69) is 15.0 Å². The molecule has 2 heterocycles. The molecule has 0 aliphatic rings. The van der Waals surface area contributed by atoms with Gasteiger partial charge in [0, 0.05) is 30.4 Å². The van der Waals surface area contributed by atoms with Crippen molar-refractivity contribution >= 4 is 11.8 Å². The van der Waals surface area contributed by atoms with Crippen LogP contribution in [-0.2, 0) is 6.42 Å². The van der Waals surface area contributed by atoms with Gasteiger partial charge in [-0.2, -0.15) is 0 Å². The Morgan fingerprint density at radius 2 is 2.28 bits per heavy atom. The molecule has 0 spiro atoms. The van der Waals surface area contributed by atoms with Crippen LogP contribution in [0.5, 0.6) is 5.88 Å². The number of thioether (sulfide) groups is 1. The van der Waals surface area contributed by atoms with Crippen LogP contribution in [0.1, 0.15) is 11.1 Å². The van der Waals surface area contributed by atoms with Gasteiger partial charge in [0.05, 0.1) is 7.11 Å². The first-order valence-corrected chi connectivity index (χ1v) is 6.56. The number of pyridine rings is 1. The number of ether oxygens (including phenoxy) is 1. The highest BCUT2D eigenvalue weighted by atomic mass is 32.2. The SMILES string of the molecule is COc1cc(Cc2cnc(SC)[nH]c2=O)ccn1. The first kappa shape index (κ1) is 12.6. The molecule has 0 radical (unpaired) electrons. The smallest absolute Gasteiger partial charge is 0.255 e. The minimum atomic E-state index is -0.106. The van der Waals surface area contributed by atoms with Gasteiger partial charge in [-0.3, -0.25) is 4.79 Å². The molecule has 0 saturated carbocycles. The normalized spacial score (nSPS) is 10.3. The first-order valence-electron chi connectivity index (χ1n) is 5.34. The van der Waals surface area contributed by atoms with Crippen molar-refractivity contribution in [3.8, 4) is 5.88 Å². The second-order valence-corrected chi connectivity index (χ2v) is 4.43. The molecule has 0 saturated heterocycles. The summed E-state index contributed by atoms with van der Waals surface area (Å²) in [6.45, 7) is 0. The van der Waals surface area contributed by atoms with Crippen LogP contribution in [0.25, 0.3) is 0 Å². The summed E-state index contributed by atoms with van der Waals surface area (Å²) in [5.74, 6) is 0.539. The van der Waals surface area contributed by atoms with Gasteiger partial charge in [0.25, 0.3) is 5.56 Å². The number of aromatic nitrogens is 3. The highest BCUT2D eigenvalue weighted by Crippen LogP contribution is 2.12. The molecule has 0 amide bonds. The van der Waals surface area contributed by atoms with Gasteiger partial charge in [-0.25, -0.2) is 9.97 Å². The molecule has 94 valence electrons. The predicted molar refractivity (Wildman–Crippen MR) is 70.2 cm³/mol. The van der Waals surface area contributed by atoms with E-state index in [-0.39, 0.29) is 5.56 Å². The van der Waals surface area contributed by atoms with Gasteiger partial charge in [0.15, 0.2) is 5.16 Å². The average Bonchev–Trinajstić information content (AvgIpc) is 2.41. The Hall–Kier alpha value is -1.82. The molecule has 0 unspecified atom stereocenters. The van der Waals surface area contributed by atoms with E-state index >= 15 is 0 Å². The standard InChI is InChI=1S/C12H13N3O2S/c1-17-10-6-8(3-4-13-10)5-9-7-14-12(18-2)15-11(9)16/h3-4,6-7H,5H2,1-2H3,(H,14,15,16). The van der Waals surface area contributed by atoms with Crippen LogP contribution in [0.4, 0.5) is 0 Å². The van der Waals surface area contributed by atoms with E-state index < -0.39 is 0 Å². The largest absolute Gasteiger partial charge is 0.481 e. The molecule has 0 aromatic carbocycles. The molecule has 2 aromatic rings. The average molecular weight is 263 g/mol. The van der Waals surface area contributed by atoms with E-state index in [0.29, 0.717) is 23.0 Å². The van der Waals surface area contributed by atoms with E-state index in [1.807, 2.05) is 18.4 Å². The first-order chi connectivity index (χ1) is 8.72. The molecule has 0 fully saturated rings. The summed E-state index contributed by atoms with van der Waals surface area (Å²) >= 11 is 1.41. The molecular formula is C12H13N3O2S. The minimum absolute atomic E-state index is 0.106. The fourth-order valence-electron chi connectivity index (χ4n) is 1.53. The Morgan fingerprint density at radius 3 is 2.94 bits per heavy atom. The molecule has 2 rings (SSSR count). The van der Waals surface area contributed by atoms with Crippen LogP contribution in [0.2, 0.25) is 0 Å². The fraction of sp³-hybridized carbons (Fsp3) is 0.250. The molecule has 0 aliphatic heterocycles. The number of hydrogen-bond acceptors (Lipinski definition) is 5. The van der Waals surface area contributed by atoms with Gasteiger partial charge in [-0.15, -0.1) is 0 Å². The Morgan fingerprint density at radius 1 is 1.44 bits per heavy atom. The summed E-state index contributed by atoms with van der Waals surface area (Å²) in [5.41, 5.74) is 1.48. The van der Waals surface area contributed by atoms with Crippen molar-refractivity contribution in [3.63, 3.8) is 0 Å². The molecule has 6 heteroatoms. The third-order valence-corrected chi connectivity index (χ3v) is 3.04. The third-order valence-electron chi connectivity index (χ3n) is 2.45. The van der Waals surface area contributed by atoms with Crippen molar-refractivity contribution in [1.82, 2.24) is 15.0 Å². The highest BCUT2D eigenvalue weighted by molar-refractivity contribution is 7.98. The number of rotatable bonds is 4. The van der Waals surface area contributed by atoms with E-state index in [1.54, 1.807) is 19.5 Å².